The van der Waals surface area contributed by atoms with Crippen LogP contribution in [0.25, 0.3) is 0 Å². The second-order valence-electron chi connectivity index (χ2n) is 3.85. The molecule has 0 heterocycles. The van der Waals surface area contributed by atoms with Gasteiger partial charge in [-0.1, -0.05) is 46.9 Å². The average Bonchev–Trinajstić information content (AvgIpc) is 2.48. The van der Waals surface area contributed by atoms with E-state index in [0.717, 1.165) is 0 Å². The molecule has 2 rings (SSSR count). The van der Waals surface area contributed by atoms with Crippen LogP contribution >= 0.6 is 11.9 Å². The van der Waals surface area contributed by atoms with E-state index < -0.39 is 6.10 Å². The molecule has 0 spiro atoms. The number of rotatable bonds is 5. The number of benzene rings is 2. The normalized spacial score (nSPS) is 11.9. The molecule has 2 aromatic carbocycles. The maximum atomic E-state index is 12.0. The van der Waals surface area contributed by atoms with Crippen LogP contribution in [0.15, 0.2) is 54.6 Å². The number of Topliss-reactive ketones (excluding diaryl/α,β-unsaturated/α-hetero) is 1. The summed E-state index contributed by atoms with van der Waals surface area (Å²) in [6.07, 6.45) is -1.21. The first-order valence-corrected chi connectivity index (χ1v) is 5.86. The van der Waals surface area contributed by atoms with Crippen molar-refractivity contribution in [1.82, 2.24) is 0 Å². The Bertz CT molecular complexity index is 539. The molecule has 5 heteroatoms. The van der Waals surface area contributed by atoms with Gasteiger partial charge >= 0.3 is 0 Å². The van der Waals surface area contributed by atoms with Crippen LogP contribution in [-0.4, -0.2) is 10.9 Å². The van der Waals surface area contributed by atoms with E-state index in [2.05, 4.69) is 9.33 Å². The molecule has 0 saturated heterocycles. The highest BCUT2D eigenvalue weighted by molar-refractivity contribution is 6.06. The van der Waals surface area contributed by atoms with Gasteiger partial charge in [-0.3, -0.25) is 4.79 Å². The summed E-state index contributed by atoms with van der Waals surface area (Å²) in [6, 6.07) is 14.8. The maximum absolute atomic E-state index is 12.0. The number of aliphatic hydroxyl groups is 1. The predicted molar refractivity (Wildman–Crippen MR) is 69.7 cm³/mol. The molecule has 1 atom stereocenters. The zero-order chi connectivity index (χ0) is 13.7. The van der Waals surface area contributed by atoms with Crippen molar-refractivity contribution in [2.75, 3.05) is 0 Å². The number of hydrogen-bond acceptors (Lipinski definition) is 4. The molecule has 1 unspecified atom stereocenters. The lowest BCUT2D eigenvalue weighted by atomic mass is 10.00. The number of hydrogen-bond donors (Lipinski definition) is 1. The monoisotopic (exact) mass is 278 g/mol. The van der Waals surface area contributed by atoms with Gasteiger partial charge in [-0.15, -0.1) is 0 Å². The van der Waals surface area contributed by atoms with Crippen LogP contribution in [0.4, 0.5) is 0 Å². The van der Waals surface area contributed by atoms with Crippen LogP contribution in [0.3, 0.4) is 0 Å². The number of halogens is 1. The van der Waals surface area contributed by atoms with Crippen LogP contribution in [-0.2, 0) is 4.44 Å². The Hall–Kier alpha value is -1.88. The number of carbonyl (C=O) groups is 1. The molecule has 0 aliphatic carbocycles. The summed E-state index contributed by atoms with van der Waals surface area (Å²) in [5, 5.41) is 10.0. The summed E-state index contributed by atoms with van der Waals surface area (Å²) in [6.45, 7) is 0. The summed E-state index contributed by atoms with van der Waals surface area (Å²) in [7, 11) is 0. The Morgan fingerprint density at radius 1 is 1.05 bits per heavy atom. The van der Waals surface area contributed by atoms with Crippen molar-refractivity contribution in [1.29, 1.82) is 0 Å². The van der Waals surface area contributed by atoms with E-state index in [0.29, 0.717) is 16.9 Å². The van der Waals surface area contributed by atoms with Crippen molar-refractivity contribution in [2.45, 2.75) is 6.10 Å². The molecule has 0 aromatic heterocycles. The lowest BCUT2D eigenvalue weighted by molar-refractivity contribution is -0.0918. The fourth-order valence-corrected chi connectivity index (χ4v) is 1.73. The molecule has 98 valence electrons. The second kappa shape index (κ2) is 6.33. The molecule has 19 heavy (non-hydrogen) atoms. The number of carbonyl (C=O) groups excluding carboxylic acids is 1. The SMILES string of the molecule is O=C(c1ccccc1)C(O)c1ccc(OOCl)cc1. The lowest BCUT2D eigenvalue weighted by Gasteiger charge is -2.10. The molecule has 0 fully saturated rings. The van der Waals surface area contributed by atoms with Gasteiger partial charge in [0.1, 0.15) is 18.0 Å². The minimum absolute atomic E-state index is 0.358. The smallest absolute Gasteiger partial charge is 0.195 e. The van der Waals surface area contributed by atoms with Gasteiger partial charge < -0.3 is 9.99 Å². The molecule has 2 aromatic rings. The molecule has 0 aliphatic heterocycles. The fourth-order valence-electron chi connectivity index (χ4n) is 1.65. The Morgan fingerprint density at radius 2 is 1.68 bits per heavy atom. The Kier molecular flexibility index (Phi) is 4.52. The third-order valence-corrected chi connectivity index (χ3v) is 2.69. The van der Waals surface area contributed by atoms with Crippen molar-refractivity contribution in [2.24, 2.45) is 0 Å². The quantitative estimate of drug-likeness (QED) is 0.519. The Labute approximate surface area is 115 Å². The first-order valence-electron chi connectivity index (χ1n) is 5.55. The van der Waals surface area contributed by atoms with Gasteiger partial charge in [0.2, 0.25) is 0 Å². The molecule has 4 nitrogen and oxygen atoms in total. The van der Waals surface area contributed by atoms with E-state index in [1.807, 2.05) is 0 Å². The third-order valence-electron chi connectivity index (χ3n) is 2.63. The Balaban J connectivity index is 2.15. The Morgan fingerprint density at radius 3 is 2.26 bits per heavy atom. The van der Waals surface area contributed by atoms with Crippen LogP contribution in [0.5, 0.6) is 5.75 Å². The van der Waals surface area contributed by atoms with Crippen molar-refractivity contribution in [3.8, 4) is 5.75 Å². The van der Waals surface area contributed by atoms with Gasteiger partial charge in [-0.2, -0.15) is 0 Å². The van der Waals surface area contributed by atoms with E-state index in [4.69, 9.17) is 11.9 Å². The minimum Gasteiger partial charge on any atom is -0.380 e. The molecule has 0 saturated carbocycles. The molecule has 0 bridgehead atoms. The van der Waals surface area contributed by atoms with Crippen molar-refractivity contribution < 1.29 is 19.2 Å². The standard InChI is InChI=1S/C14H11ClO4/c15-19-18-12-8-6-11(7-9-12)14(17)13(16)10-4-2-1-3-5-10/h1-9,14,17H. The lowest BCUT2D eigenvalue weighted by Crippen LogP contribution is -2.12. The number of aliphatic hydroxyl groups excluding tert-OH is 1. The van der Waals surface area contributed by atoms with Crippen LogP contribution < -0.4 is 4.89 Å². The van der Waals surface area contributed by atoms with Gasteiger partial charge in [-0.05, 0) is 17.7 Å². The van der Waals surface area contributed by atoms with Crippen LogP contribution in [0.2, 0.25) is 0 Å². The van der Waals surface area contributed by atoms with Gasteiger partial charge in [0.25, 0.3) is 0 Å². The first-order chi connectivity index (χ1) is 9.22. The largest absolute Gasteiger partial charge is 0.380 e. The second-order valence-corrected chi connectivity index (χ2v) is 3.97. The topological polar surface area (TPSA) is 55.8 Å². The van der Waals surface area contributed by atoms with Crippen molar-refractivity contribution in [3.63, 3.8) is 0 Å². The molecule has 0 amide bonds. The molecule has 0 radical (unpaired) electrons. The highest BCUT2D eigenvalue weighted by atomic mass is 35.5. The van der Waals surface area contributed by atoms with Crippen LogP contribution in [0, 0.1) is 0 Å². The van der Waals surface area contributed by atoms with E-state index >= 15 is 0 Å². The fraction of sp³-hybridized carbons (Fsp3) is 0.0714. The van der Waals surface area contributed by atoms with E-state index in [1.165, 1.54) is 0 Å². The molecule has 1 N–H and O–H groups in total. The van der Waals surface area contributed by atoms with Gasteiger partial charge in [0, 0.05) is 5.56 Å². The average molecular weight is 279 g/mol. The maximum Gasteiger partial charge on any atom is 0.195 e. The van der Waals surface area contributed by atoms with Crippen molar-refractivity contribution >= 4 is 17.6 Å². The summed E-state index contributed by atoms with van der Waals surface area (Å²) in [5.41, 5.74) is 0.926. The molecule has 0 aliphatic rings. The molecular formula is C14H11ClO4. The first kappa shape index (κ1) is 13.5. The summed E-state index contributed by atoms with van der Waals surface area (Å²) in [5.74, 6) is 0.0148. The third kappa shape index (κ3) is 3.32. The summed E-state index contributed by atoms with van der Waals surface area (Å²) in [4.78, 5) is 16.6. The van der Waals surface area contributed by atoms with E-state index in [-0.39, 0.29) is 5.78 Å². The highest BCUT2D eigenvalue weighted by Gasteiger charge is 2.18. The minimum atomic E-state index is -1.21. The van der Waals surface area contributed by atoms with Gasteiger partial charge in [0.15, 0.2) is 11.5 Å². The number of ketones is 1. The van der Waals surface area contributed by atoms with E-state index in [1.54, 1.807) is 54.6 Å². The predicted octanol–water partition coefficient (Wildman–Crippen LogP) is 3.07. The van der Waals surface area contributed by atoms with Gasteiger partial charge in [-0.25, -0.2) is 0 Å². The summed E-state index contributed by atoms with van der Waals surface area (Å²) >= 11 is 4.94. The zero-order valence-corrected chi connectivity index (χ0v) is 10.6. The van der Waals surface area contributed by atoms with Crippen LogP contribution in [0.1, 0.15) is 22.0 Å². The summed E-state index contributed by atoms with van der Waals surface area (Å²) < 4.78 is 3.99. The van der Waals surface area contributed by atoms with Gasteiger partial charge in [0.05, 0.1) is 0 Å². The zero-order valence-electron chi connectivity index (χ0n) is 9.82. The molecular weight excluding hydrogens is 268 g/mol. The highest BCUT2D eigenvalue weighted by Crippen LogP contribution is 2.21. The van der Waals surface area contributed by atoms with E-state index in [9.17, 15) is 9.90 Å². The van der Waals surface area contributed by atoms with Crippen molar-refractivity contribution in [3.05, 3.63) is 65.7 Å².